The topological polar surface area (TPSA) is 73.1 Å². The molecule has 3 N–H and O–H groups in total. The van der Waals surface area contributed by atoms with E-state index in [1.165, 1.54) is 6.07 Å². The molecule has 0 aliphatic carbocycles. The van der Waals surface area contributed by atoms with Gasteiger partial charge in [0.2, 0.25) is 5.88 Å². The number of pyridine rings is 2. The Labute approximate surface area is 130 Å². The van der Waals surface area contributed by atoms with Crippen LogP contribution in [0.3, 0.4) is 0 Å². The first-order valence-corrected chi connectivity index (χ1v) is 6.79. The SMILES string of the molecule is NNc1nc(Oc2cccc3ncccc23)c(Cl)cc1Cl. The number of ether oxygens (including phenoxy) is 1. The second-order valence-electron chi connectivity index (χ2n) is 4.18. The molecule has 21 heavy (non-hydrogen) atoms. The van der Waals surface area contributed by atoms with Crippen molar-refractivity contribution in [1.29, 1.82) is 0 Å². The number of anilines is 1. The van der Waals surface area contributed by atoms with Crippen molar-refractivity contribution in [3.63, 3.8) is 0 Å². The lowest BCUT2D eigenvalue weighted by molar-refractivity contribution is 0.469. The molecule has 106 valence electrons. The standard InChI is InChI=1S/C14H10Cl2N4O/c15-9-7-10(16)14(19-13(9)20-17)21-12-5-1-4-11-8(12)3-2-6-18-11/h1-7H,17H2,(H,19,20). The average molecular weight is 321 g/mol. The van der Waals surface area contributed by atoms with Gasteiger partial charge in [0.1, 0.15) is 10.8 Å². The highest BCUT2D eigenvalue weighted by Crippen LogP contribution is 2.35. The van der Waals surface area contributed by atoms with Crippen molar-refractivity contribution in [3.8, 4) is 11.6 Å². The highest BCUT2D eigenvalue weighted by Gasteiger charge is 2.12. The number of benzene rings is 1. The van der Waals surface area contributed by atoms with E-state index in [4.69, 9.17) is 33.8 Å². The minimum atomic E-state index is 0.213. The van der Waals surface area contributed by atoms with E-state index < -0.39 is 0 Å². The van der Waals surface area contributed by atoms with Crippen molar-refractivity contribution in [2.75, 3.05) is 5.43 Å². The van der Waals surface area contributed by atoms with Crippen LogP contribution in [0.5, 0.6) is 11.6 Å². The highest BCUT2D eigenvalue weighted by molar-refractivity contribution is 6.36. The number of nitrogens with one attached hydrogen (secondary N) is 1. The molecule has 1 aromatic carbocycles. The summed E-state index contributed by atoms with van der Waals surface area (Å²) >= 11 is 12.0. The van der Waals surface area contributed by atoms with Gasteiger partial charge in [-0.1, -0.05) is 29.3 Å². The van der Waals surface area contributed by atoms with Crippen molar-refractivity contribution >= 4 is 39.9 Å². The third-order valence-electron chi connectivity index (χ3n) is 2.85. The molecule has 0 aliphatic rings. The fraction of sp³-hybridized carbons (Fsp3) is 0. The summed E-state index contributed by atoms with van der Waals surface area (Å²) in [5, 5.41) is 1.46. The molecule has 0 amide bonds. The minimum Gasteiger partial charge on any atom is -0.437 e. The van der Waals surface area contributed by atoms with E-state index in [-0.39, 0.29) is 11.7 Å². The number of fused-ring (bicyclic) bond motifs is 1. The zero-order chi connectivity index (χ0) is 14.8. The van der Waals surface area contributed by atoms with Gasteiger partial charge in [-0.25, -0.2) is 5.84 Å². The molecule has 0 saturated carbocycles. The van der Waals surface area contributed by atoms with Gasteiger partial charge in [0, 0.05) is 11.6 Å². The normalized spacial score (nSPS) is 10.6. The van der Waals surface area contributed by atoms with Gasteiger partial charge in [-0.05, 0) is 30.3 Å². The minimum absolute atomic E-state index is 0.213. The van der Waals surface area contributed by atoms with Gasteiger partial charge < -0.3 is 10.2 Å². The van der Waals surface area contributed by atoms with Crippen LogP contribution in [-0.2, 0) is 0 Å². The van der Waals surface area contributed by atoms with E-state index in [0.717, 1.165) is 10.9 Å². The number of nitrogens with two attached hydrogens (primary N) is 1. The molecule has 0 unspecified atom stereocenters. The quantitative estimate of drug-likeness (QED) is 0.563. The molecule has 2 heterocycles. The Balaban J connectivity index is 2.07. The van der Waals surface area contributed by atoms with Crippen LogP contribution in [0.15, 0.2) is 42.6 Å². The van der Waals surface area contributed by atoms with E-state index in [1.54, 1.807) is 6.20 Å². The molecule has 0 radical (unpaired) electrons. The Morgan fingerprint density at radius 1 is 1.10 bits per heavy atom. The van der Waals surface area contributed by atoms with Crippen molar-refractivity contribution in [1.82, 2.24) is 9.97 Å². The van der Waals surface area contributed by atoms with Crippen LogP contribution in [0, 0.1) is 0 Å². The molecule has 7 heteroatoms. The van der Waals surface area contributed by atoms with Crippen molar-refractivity contribution in [3.05, 3.63) is 52.6 Å². The molecule has 0 bridgehead atoms. The molecule has 2 aromatic heterocycles. The molecule has 3 rings (SSSR count). The van der Waals surface area contributed by atoms with Gasteiger partial charge in [0.05, 0.1) is 10.5 Å². The summed E-state index contributed by atoms with van der Waals surface area (Å²) in [6.07, 6.45) is 1.72. The monoisotopic (exact) mass is 320 g/mol. The third kappa shape index (κ3) is 2.71. The van der Waals surface area contributed by atoms with Gasteiger partial charge in [0.15, 0.2) is 5.82 Å². The molecule has 3 aromatic rings. The Kier molecular flexibility index (Phi) is 3.79. The zero-order valence-electron chi connectivity index (χ0n) is 10.7. The Morgan fingerprint density at radius 3 is 2.76 bits per heavy atom. The maximum absolute atomic E-state index is 6.10. The summed E-state index contributed by atoms with van der Waals surface area (Å²) in [6.45, 7) is 0. The number of hydrogen-bond donors (Lipinski definition) is 2. The smallest absolute Gasteiger partial charge is 0.240 e. The summed E-state index contributed by atoms with van der Waals surface area (Å²) in [6, 6.07) is 10.8. The van der Waals surface area contributed by atoms with Gasteiger partial charge >= 0.3 is 0 Å². The number of hydrogen-bond acceptors (Lipinski definition) is 5. The maximum Gasteiger partial charge on any atom is 0.240 e. The van der Waals surface area contributed by atoms with Crippen LogP contribution < -0.4 is 16.0 Å². The number of nitrogens with zero attached hydrogens (tertiary/aromatic N) is 2. The van der Waals surface area contributed by atoms with Gasteiger partial charge in [0.25, 0.3) is 0 Å². The predicted octanol–water partition coefficient (Wildman–Crippen LogP) is 4.01. The second-order valence-corrected chi connectivity index (χ2v) is 4.99. The largest absolute Gasteiger partial charge is 0.437 e. The number of aromatic nitrogens is 2. The third-order valence-corrected chi connectivity index (χ3v) is 3.41. The number of nitrogen functional groups attached to an aromatic ring is 1. The Hall–Kier alpha value is -2.08. The molecule has 0 fully saturated rings. The van der Waals surface area contributed by atoms with Crippen LogP contribution in [-0.4, -0.2) is 9.97 Å². The fourth-order valence-electron chi connectivity index (χ4n) is 1.89. The Bertz CT molecular complexity index is 805. The second kappa shape index (κ2) is 5.73. The van der Waals surface area contributed by atoms with Gasteiger partial charge in [-0.2, -0.15) is 4.98 Å². The van der Waals surface area contributed by atoms with E-state index in [1.807, 2.05) is 30.3 Å². The lowest BCUT2D eigenvalue weighted by Crippen LogP contribution is -2.09. The van der Waals surface area contributed by atoms with Crippen molar-refractivity contribution in [2.24, 2.45) is 5.84 Å². The molecule has 0 spiro atoms. The number of hydrazine groups is 1. The maximum atomic E-state index is 6.10. The van der Waals surface area contributed by atoms with Crippen molar-refractivity contribution < 1.29 is 4.74 Å². The summed E-state index contributed by atoms with van der Waals surface area (Å²) in [7, 11) is 0. The first kappa shape index (κ1) is 13.9. The lowest BCUT2D eigenvalue weighted by atomic mass is 10.2. The first-order valence-electron chi connectivity index (χ1n) is 6.03. The molecular formula is C14H10Cl2N4O. The van der Waals surface area contributed by atoms with Crippen LogP contribution in [0.2, 0.25) is 10.0 Å². The summed E-state index contributed by atoms with van der Waals surface area (Å²) in [5.41, 5.74) is 3.21. The van der Waals surface area contributed by atoms with Crippen LogP contribution >= 0.6 is 23.2 Å². The molecule has 0 atom stereocenters. The lowest BCUT2D eigenvalue weighted by Gasteiger charge is -2.11. The highest BCUT2D eigenvalue weighted by atomic mass is 35.5. The van der Waals surface area contributed by atoms with Crippen LogP contribution in [0.4, 0.5) is 5.82 Å². The van der Waals surface area contributed by atoms with Gasteiger partial charge in [-0.15, -0.1) is 0 Å². The Morgan fingerprint density at radius 2 is 1.95 bits per heavy atom. The van der Waals surface area contributed by atoms with E-state index in [0.29, 0.717) is 15.8 Å². The van der Waals surface area contributed by atoms with Gasteiger partial charge in [-0.3, -0.25) is 4.98 Å². The summed E-state index contributed by atoms with van der Waals surface area (Å²) < 4.78 is 5.78. The van der Waals surface area contributed by atoms with E-state index in [2.05, 4.69) is 15.4 Å². The average Bonchev–Trinajstić information content (AvgIpc) is 2.50. The molecule has 5 nitrogen and oxygen atoms in total. The summed E-state index contributed by atoms with van der Waals surface area (Å²) in [4.78, 5) is 8.42. The molecule has 0 saturated heterocycles. The van der Waals surface area contributed by atoms with Crippen LogP contribution in [0.1, 0.15) is 0 Å². The first-order chi connectivity index (χ1) is 10.2. The fourth-order valence-corrected chi connectivity index (χ4v) is 2.34. The summed E-state index contributed by atoms with van der Waals surface area (Å²) in [5.74, 6) is 6.45. The van der Waals surface area contributed by atoms with Crippen LogP contribution in [0.25, 0.3) is 10.9 Å². The molecular weight excluding hydrogens is 311 g/mol. The molecule has 0 aliphatic heterocycles. The number of halogens is 2. The van der Waals surface area contributed by atoms with E-state index in [9.17, 15) is 0 Å². The van der Waals surface area contributed by atoms with E-state index >= 15 is 0 Å². The number of rotatable bonds is 3. The predicted molar refractivity (Wildman–Crippen MR) is 83.9 cm³/mol. The zero-order valence-corrected chi connectivity index (χ0v) is 12.2. The van der Waals surface area contributed by atoms with Crippen molar-refractivity contribution in [2.45, 2.75) is 0 Å².